The lowest BCUT2D eigenvalue weighted by Crippen LogP contribution is -2.05. The van der Waals surface area contributed by atoms with Crippen molar-refractivity contribution in [2.45, 2.75) is 19.8 Å². The number of halogens is 1. The van der Waals surface area contributed by atoms with Gasteiger partial charge in [0.2, 0.25) is 0 Å². The van der Waals surface area contributed by atoms with Crippen molar-refractivity contribution in [3.63, 3.8) is 0 Å². The summed E-state index contributed by atoms with van der Waals surface area (Å²) in [4.78, 5) is 13.2. The molecular formula is C15H15BrO2S. The van der Waals surface area contributed by atoms with Crippen molar-refractivity contribution in [1.29, 1.82) is 0 Å². The number of hydrogen-bond donors (Lipinski definition) is 0. The molecule has 1 aromatic carbocycles. The van der Waals surface area contributed by atoms with Crippen LogP contribution in [-0.2, 0) is 12.8 Å². The number of carbonyl (C=O) groups excluding carboxylic acids is 1. The van der Waals surface area contributed by atoms with Crippen LogP contribution in [0.3, 0.4) is 0 Å². The second-order valence-electron chi connectivity index (χ2n) is 4.18. The molecule has 2 nitrogen and oxygen atoms in total. The molecule has 0 spiro atoms. The molecule has 0 aliphatic carbocycles. The predicted molar refractivity (Wildman–Crippen MR) is 82.4 cm³/mol. The topological polar surface area (TPSA) is 26.3 Å². The van der Waals surface area contributed by atoms with Gasteiger partial charge < -0.3 is 4.74 Å². The predicted octanol–water partition coefficient (Wildman–Crippen LogP) is 4.51. The van der Waals surface area contributed by atoms with Crippen LogP contribution in [0.15, 0.2) is 34.1 Å². The smallest absolute Gasteiger partial charge is 0.177 e. The highest BCUT2D eigenvalue weighted by molar-refractivity contribution is 9.10. The number of ketones is 1. The average Bonchev–Trinajstić information content (AvgIpc) is 2.87. The van der Waals surface area contributed by atoms with Crippen molar-refractivity contribution in [2.24, 2.45) is 0 Å². The first-order chi connectivity index (χ1) is 9.15. The minimum atomic E-state index is 0.156. The Bertz CT molecular complexity index is 590. The summed E-state index contributed by atoms with van der Waals surface area (Å²) in [5, 5.41) is 1.98. The third-order valence-electron chi connectivity index (χ3n) is 2.97. The van der Waals surface area contributed by atoms with Crippen molar-refractivity contribution in [3.8, 4) is 5.75 Å². The Kier molecular flexibility index (Phi) is 4.77. The highest BCUT2D eigenvalue weighted by Crippen LogP contribution is 2.26. The van der Waals surface area contributed by atoms with E-state index in [0.29, 0.717) is 6.42 Å². The molecule has 100 valence electrons. The average molecular weight is 339 g/mol. The quantitative estimate of drug-likeness (QED) is 0.750. The largest absolute Gasteiger partial charge is 0.496 e. The zero-order valence-corrected chi connectivity index (χ0v) is 13.3. The summed E-state index contributed by atoms with van der Waals surface area (Å²) in [6.07, 6.45) is 1.26. The van der Waals surface area contributed by atoms with E-state index in [-0.39, 0.29) is 5.78 Å². The number of benzene rings is 1. The standard InChI is InChI=1S/C15H15BrO2S/c1-3-10-6-7-19-15(10)13(17)9-11-8-12(16)4-5-14(11)18-2/h4-8H,3,9H2,1-2H3. The van der Waals surface area contributed by atoms with Crippen molar-refractivity contribution in [3.05, 3.63) is 50.1 Å². The van der Waals surface area contributed by atoms with E-state index < -0.39 is 0 Å². The van der Waals surface area contributed by atoms with E-state index in [1.54, 1.807) is 7.11 Å². The SMILES string of the molecule is CCc1ccsc1C(=O)Cc1cc(Br)ccc1OC. The summed E-state index contributed by atoms with van der Waals surface area (Å²) in [5.41, 5.74) is 2.04. The molecule has 0 radical (unpaired) electrons. The van der Waals surface area contributed by atoms with Crippen LogP contribution in [0.4, 0.5) is 0 Å². The molecule has 0 aliphatic rings. The first-order valence-electron chi connectivity index (χ1n) is 6.07. The van der Waals surface area contributed by atoms with E-state index >= 15 is 0 Å². The fourth-order valence-corrected chi connectivity index (χ4v) is 3.34. The van der Waals surface area contributed by atoms with Gasteiger partial charge in [-0.3, -0.25) is 4.79 Å². The van der Waals surface area contributed by atoms with Gasteiger partial charge in [0.1, 0.15) is 5.75 Å². The van der Waals surface area contributed by atoms with E-state index in [9.17, 15) is 4.79 Å². The fraction of sp³-hybridized carbons (Fsp3) is 0.267. The number of methoxy groups -OCH3 is 1. The van der Waals surface area contributed by atoms with Crippen LogP contribution in [0.2, 0.25) is 0 Å². The third kappa shape index (κ3) is 3.25. The summed E-state index contributed by atoms with van der Waals surface area (Å²) in [5.74, 6) is 0.911. The van der Waals surface area contributed by atoms with E-state index in [2.05, 4.69) is 22.9 Å². The Balaban J connectivity index is 2.26. The number of hydrogen-bond acceptors (Lipinski definition) is 3. The van der Waals surface area contributed by atoms with E-state index in [1.807, 2.05) is 29.6 Å². The minimum Gasteiger partial charge on any atom is -0.496 e. The van der Waals surface area contributed by atoms with Crippen LogP contribution in [0.25, 0.3) is 0 Å². The Morgan fingerprint density at radius 2 is 2.11 bits per heavy atom. The second kappa shape index (κ2) is 6.35. The molecular weight excluding hydrogens is 324 g/mol. The first kappa shape index (κ1) is 14.3. The Hall–Kier alpha value is -1.13. The molecule has 1 heterocycles. The van der Waals surface area contributed by atoms with Gasteiger partial charge in [-0.1, -0.05) is 22.9 Å². The third-order valence-corrected chi connectivity index (χ3v) is 4.47. The number of ether oxygens (including phenoxy) is 1. The number of thiophene rings is 1. The van der Waals surface area contributed by atoms with E-state index in [0.717, 1.165) is 32.6 Å². The molecule has 0 atom stereocenters. The Morgan fingerprint density at radius 3 is 2.79 bits per heavy atom. The fourth-order valence-electron chi connectivity index (χ4n) is 2.00. The number of Topliss-reactive ketones (excluding diaryl/α,β-unsaturated/α-hetero) is 1. The molecule has 0 bridgehead atoms. The van der Waals surface area contributed by atoms with E-state index in [4.69, 9.17) is 4.74 Å². The monoisotopic (exact) mass is 338 g/mol. The van der Waals surface area contributed by atoms with Crippen molar-refractivity contribution >= 4 is 33.0 Å². The molecule has 4 heteroatoms. The summed E-state index contributed by atoms with van der Waals surface area (Å²) < 4.78 is 6.26. The highest BCUT2D eigenvalue weighted by atomic mass is 79.9. The Labute approximate surface area is 125 Å². The van der Waals surface area contributed by atoms with Gasteiger partial charge in [0.15, 0.2) is 5.78 Å². The van der Waals surface area contributed by atoms with Gasteiger partial charge in [-0.05, 0) is 41.6 Å². The number of rotatable bonds is 5. The molecule has 0 N–H and O–H groups in total. The Morgan fingerprint density at radius 1 is 1.32 bits per heavy atom. The van der Waals surface area contributed by atoms with Crippen molar-refractivity contribution < 1.29 is 9.53 Å². The zero-order valence-electron chi connectivity index (χ0n) is 10.9. The van der Waals surface area contributed by atoms with Crippen molar-refractivity contribution in [1.82, 2.24) is 0 Å². The van der Waals surface area contributed by atoms with Crippen LogP contribution in [0.1, 0.15) is 27.7 Å². The summed E-state index contributed by atoms with van der Waals surface area (Å²) >= 11 is 4.95. The van der Waals surface area contributed by atoms with Gasteiger partial charge in [0, 0.05) is 16.5 Å². The lowest BCUT2D eigenvalue weighted by Gasteiger charge is -2.08. The molecule has 0 saturated heterocycles. The van der Waals surface area contributed by atoms with Gasteiger partial charge in [-0.2, -0.15) is 0 Å². The molecule has 0 amide bonds. The normalized spacial score (nSPS) is 10.5. The van der Waals surface area contributed by atoms with Gasteiger partial charge in [-0.15, -0.1) is 11.3 Å². The number of carbonyl (C=O) groups is 1. The van der Waals surface area contributed by atoms with Gasteiger partial charge in [-0.25, -0.2) is 0 Å². The maximum Gasteiger partial charge on any atom is 0.177 e. The zero-order chi connectivity index (χ0) is 13.8. The molecule has 2 rings (SSSR count). The lowest BCUT2D eigenvalue weighted by atomic mass is 10.0. The van der Waals surface area contributed by atoms with Crippen LogP contribution < -0.4 is 4.74 Å². The van der Waals surface area contributed by atoms with Gasteiger partial charge in [0.05, 0.1) is 12.0 Å². The van der Waals surface area contributed by atoms with Crippen LogP contribution in [-0.4, -0.2) is 12.9 Å². The van der Waals surface area contributed by atoms with E-state index in [1.165, 1.54) is 11.3 Å². The molecule has 19 heavy (non-hydrogen) atoms. The highest BCUT2D eigenvalue weighted by Gasteiger charge is 2.15. The molecule has 0 aliphatic heterocycles. The van der Waals surface area contributed by atoms with Gasteiger partial charge in [0.25, 0.3) is 0 Å². The summed E-state index contributed by atoms with van der Waals surface area (Å²) in [7, 11) is 1.62. The number of aryl methyl sites for hydroxylation is 1. The van der Waals surface area contributed by atoms with Gasteiger partial charge >= 0.3 is 0 Å². The van der Waals surface area contributed by atoms with Crippen LogP contribution in [0.5, 0.6) is 5.75 Å². The van der Waals surface area contributed by atoms with Crippen molar-refractivity contribution in [2.75, 3.05) is 7.11 Å². The second-order valence-corrected chi connectivity index (χ2v) is 6.02. The maximum absolute atomic E-state index is 12.4. The van der Waals surface area contributed by atoms with Crippen LogP contribution >= 0.6 is 27.3 Å². The minimum absolute atomic E-state index is 0.156. The first-order valence-corrected chi connectivity index (χ1v) is 7.75. The molecule has 0 fully saturated rings. The molecule has 2 aromatic rings. The van der Waals surface area contributed by atoms with Crippen LogP contribution in [0, 0.1) is 0 Å². The molecule has 1 aromatic heterocycles. The summed E-state index contributed by atoms with van der Waals surface area (Å²) in [6, 6.07) is 7.75. The maximum atomic E-state index is 12.4. The molecule has 0 saturated carbocycles. The molecule has 0 unspecified atom stereocenters. The summed E-state index contributed by atoms with van der Waals surface area (Å²) in [6.45, 7) is 2.07. The lowest BCUT2D eigenvalue weighted by molar-refractivity contribution is 0.0995.